The Balaban J connectivity index is 1.70. The summed E-state index contributed by atoms with van der Waals surface area (Å²) in [6, 6.07) is 4.59. The highest BCUT2D eigenvalue weighted by Gasteiger charge is 2.31. The molecule has 0 spiro atoms. The fraction of sp³-hybridized carbons (Fsp3) is 0.588. The number of piperazine rings is 1. The lowest BCUT2D eigenvalue weighted by atomic mass is 10.2. The molecule has 1 fully saturated rings. The van der Waals surface area contributed by atoms with Gasteiger partial charge in [-0.3, -0.25) is 5.43 Å². The van der Waals surface area contributed by atoms with E-state index < -0.39 is 12.4 Å². The van der Waals surface area contributed by atoms with Gasteiger partial charge in [0.1, 0.15) is 5.75 Å². The third-order valence-electron chi connectivity index (χ3n) is 4.06. The standard InChI is InChI=1S/C17H25F3N4O2/c1-2-3-4-9-23-10-12-24(13-11-23)22-16(25)21-14-5-7-15(8-6-14)26-17(18,19)20/h5-8H,2-4,9-13H2,1H3,(H2,21,22,25). The Morgan fingerprint density at radius 2 is 1.77 bits per heavy atom. The van der Waals surface area contributed by atoms with E-state index in [0.717, 1.165) is 44.9 Å². The monoisotopic (exact) mass is 374 g/mol. The molecule has 0 aliphatic carbocycles. The first kappa shape index (κ1) is 20.3. The van der Waals surface area contributed by atoms with E-state index in [-0.39, 0.29) is 5.75 Å². The summed E-state index contributed by atoms with van der Waals surface area (Å²) in [5.74, 6) is -0.331. The molecular weight excluding hydrogens is 349 g/mol. The molecule has 1 aliphatic rings. The number of benzene rings is 1. The number of halogens is 3. The molecule has 6 nitrogen and oxygen atoms in total. The normalized spacial score (nSPS) is 16.3. The number of anilines is 1. The van der Waals surface area contributed by atoms with E-state index in [1.807, 2.05) is 5.01 Å². The molecule has 0 atom stereocenters. The lowest BCUT2D eigenvalue weighted by Crippen LogP contribution is -2.54. The number of alkyl halides is 3. The van der Waals surface area contributed by atoms with Crippen molar-refractivity contribution in [2.24, 2.45) is 0 Å². The van der Waals surface area contributed by atoms with Crippen LogP contribution in [-0.2, 0) is 0 Å². The fourth-order valence-corrected chi connectivity index (χ4v) is 2.71. The van der Waals surface area contributed by atoms with Gasteiger partial charge in [-0.2, -0.15) is 0 Å². The number of rotatable bonds is 7. The van der Waals surface area contributed by atoms with Crippen LogP contribution < -0.4 is 15.5 Å². The Bertz CT molecular complexity index is 558. The molecule has 146 valence electrons. The van der Waals surface area contributed by atoms with Crippen LogP contribution in [0.5, 0.6) is 5.75 Å². The molecule has 9 heteroatoms. The van der Waals surface area contributed by atoms with E-state index in [0.29, 0.717) is 5.69 Å². The van der Waals surface area contributed by atoms with Crippen molar-refractivity contribution in [1.82, 2.24) is 15.3 Å². The van der Waals surface area contributed by atoms with Crippen LogP contribution in [0.4, 0.5) is 23.7 Å². The van der Waals surface area contributed by atoms with Crippen molar-refractivity contribution in [2.45, 2.75) is 32.5 Å². The molecule has 0 saturated carbocycles. The predicted molar refractivity (Wildman–Crippen MR) is 92.8 cm³/mol. The second kappa shape index (κ2) is 9.63. The molecule has 1 heterocycles. The molecule has 2 amide bonds. The smallest absolute Gasteiger partial charge is 0.406 e. The third kappa shape index (κ3) is 7.49. The molecule has 0 aromatic heterocycles. The number of hydrogen-bond acceptors (Lipinski definition) is 4. The molecule has 1 aliphatic heterocycles. The van der Waals surface area contributed by atoms with Gasteiger partial charge in [-0.05, 0) is 37.2 Å². The first-order valence-electron chi connectivity index (χ1n) is 8.76. The minimum Gasteiger partial charge on any atom is -0.406 e. The van der Waals surface area contributed by atoms with Crippen LogP contribution in [-0.4, -0.2) is 55.0 Å². The molecular formula is C17H25F3N4O2. The van der Waals surface area contributed by atoms with Crippen molar-refractivity contribution in [1.29, 1.82) is 0 Å². The van der Waals surface area contributed by atoms with Crippen molar-refractivity contribution in [3.8, 4) is 5.75 Å². The number of nitrogens with one attached hydrogen (secondary N) is 2. The molecule has 1 aromatic carbocycles. The first-order chi connectivity index (χ1) is 12.4. The SMILES string of the molecule is CCCCCN1CCN(NC(=O)Nc2ccc(OC(F)(F)F)cc2)CC1. The maximum absolute atomic E-state index is 12.1. The average Bonchev–Trinajstić information content (AvgIpc) is 2.57. The molecule has 2 N–H and O–H groups in total. The molecule has 1 saturated heterocycles. The highest BCUT2D eigenvalue weighted by atomic mass is 19.4. The largest absolute Gasteiger partial charge is 0.573 e. The summed E-state index contributed by atoms with van der Waals surface area (Å²) < 4.78 is 40.1. The van der Waals surface area contributed by atoms with Gasteiger partial charge >= 0.3 is 12.4 Å². The average molecular weight is 374 g/mol. The van der Waals surface area contributed by atoms with Crippen molar-refractivity contribution in [2.75, 3.05) is 38.0 Å². The number of hydrazine groups is 1. The third-order valence-corrected chi connectivity index (χ3v) is 4.06. The van der Waals surface area contributed by atoms with E-state index >= 15 is 0 Å². The Hall–Kier alpha value is -2.00. The van der Waals surface area contributed by atoms with Crippen molar-refractivity contribution < 1.29 is 22.7 Å². The summed E-state index contributed by atoms with van der Waals surface area (Å²) in [4.78, 5) is 14.4. The lowest BCUT2D eigenvalue weighted by molar-refractivity contribution is -0.274. The number of carbonyl (C=O) groups is 1. The summed E-state index contributed by atoms with van der Waals surface area (Å²) in [5.41, 5.74) is 3.14. The lowest BCUT2D eigenvalue weighted by Gasteiger charge is -2.34. The Morgan fingerprint density at radius 3 is 2.35 bits per heavy atom. The molecule has 1 aromatic rings. The first-order valence-corrected chi connectivity index (χ1v) is 8.76. The van der Waals surface area contributed by atoms with Crippen LogP contribution in [0.25, 0.3) is 0 Å². The Morgan fingerprint density at radius 1 is 1.12 bits per heavy atom. The van der Waals surface area contributed by atoms with Crippen LogP contribution >= 0.6 is 0 Å². The topological polar surface area (TPSA) is 56.8 Å². The number of carbonyl (C=O) groups excluding carboxylic acids is 1. The zero-order valence-electron chi connectivity index (χ0n) is 14.8. The molecule has 0 radical (unpaired) electrons. The second-order valence-corrected chi connectivity index (χ2v) is 6.17. The van der Waals surface area contributed by atoms with Crippen LogP contribution in [0.3, 0.4) is 0 Å². The van der Waals surface area contributed by atoms with Gasteiger partial charge in [0.2, 0.25) is 0 Å². The Kier molecular flexibility index (Phi) is 7.52. The Labute approximate surface area is 151 Å². The van der Waals surface area contributed by atoms with Gasteiger partial charge in [-0.1, -0.05) is 19.8 Å². The number of ether oxygens (including phenoxy) is 1. The van der Waals surface area contributed by atoms with Gasteiger partial charge in [-0.15, -0.1) is 13.2 Å². The quantitative estimate of drug-likeness (QED) is 0.718. The zero-order valence-corrected chi connectivity index (χ0v) is 14.8. The number of amides is 2. The van der Waals surface area contributed by atoms with Crippen LogP contribution in [0.1, 0.15) is 26.2 Å². The molecule has 0 bridgehead atoms. The van der Waals surface area contributed by atoms with Gasteiger partial charge in [0.25, 0.3) is 0 Å². The van der Waals surface area contributed by atoms with Crippen molar-refractivity contribution in [3.05, 3.63) is 24.3 Å². The summed E-state index contributed by atoms with van der Waals surface area (Å²) in [7, 11) is 0. The van der Waals surface area contributed by atoms with Crippen molar-refractivity contribution in [3.63, 3.8) is 0 Å². The van der Waals surface area contributed by atoms with Gasteiger partial charge in [0, 0.05) is 31.9 Å². The minimum atomic E-state index is -4.73. The summed E-state index contributed by atoms with van der Waals surface area (Å²) in [5, 5.41) is 4.43. The highest BCUT2D eigenvalue weighted by molar-refractivity contribution is 5.88. The van der Waals surface area contributed by atoms with Gasteiger partial charge < -0.3 is 15.0 Å². The molecule has 26 heavy (non-hydrogen) atoms. The predicted octanol–water partition coefficient (Wildman–Crippen LogP) is 3.43. The van der Waals surface area contributed by atoms with Gasteiger partial charge in [-0.25, -0.2) is 9.80 Å². The van der Waals surface area contributed by atoms with E-state index in [4.69, 9.17) is 0 Å². The fourth-order valence-electron chi connectivity index (χ4n) is 2.71. The minimum absolute atomic E-state index is 0.331. The zero-order chi connectivity index (χ0) is 19.0. The number of unbranched alkanes of at least 4 members (excludes halogenated alkanes) is 2. The highest BCUT2D eigenvalue weighted by Crippen LogP contribution is 2.23. The second-order valence-electron chi connectivity index (χ2n) is 6.17. The van der Waals surface area contributed by atoms with E-state index in [1.165, 1.54) is 31.4 Å². The number of hydrogen-bond donors (Lipinski definition) is 2. The van der Waals surface area contributed by atoms with E-state index in [2.05, 4.69) is 27.3 Å². The van der Waals surface area contributed by atoms with E-state index in [9.17, 15) is 18.0 Å². The van der Waals surface area contributed by atoms with Crippen LogP contribution in [0.15, 0.2) is 24.3 Å². The number of nitrogens with zero attached hydrogens (tertiary/aromatic N) is 2. The van der Waals surface area contributed by atoms with Crippen LogP contribution in [0.2, 0.25) is 0 Å². The van der Waals surface area contributed by atoms with Gasteiger partial charge in [0.05, 0.1) is 0 Å². The van der Waals surface area contributed by atoms with Gasteiger partial charge in [0.15, 0.2) is 0 Å². The maximum Gasteiger partial charge on any atom is 0.573 e. The van der Waals surface area contributed by atoms with Crippen molar-refractivity contribution >= 4 is 11.7 Å². The summed E-state index contributed by atoms with van der Waals surface area (Å²) in [6.07, 6.45) is -1.11. The number of urea groups is 1. The van der Waals surface area contributed by atoms with Crippen LogP contribution in [0, 0.1) is 0 Å². The maximum atomic E-state index is 12.1. The molecule has 2 rings (SSSR count). The van der Waals surface area contributed by atoms with E-state index in [1.54, 1.807) is 0 Å². The molecule has 0 unspecified atom stereocenters. The summed E-state index contributed by atoms with van der Waals surface area (Å²) in [6.45, 7) is 6.52. The summed E-state index contributed by atoms with van der Waals surface area (Å²) >= 11 is 0.